The number of nitrogens with one attached hydrogen (secondary N) is 1. The normalized spacial score (nSPS) is 23.2. The molecule has 1 aromatic rings. The summed E-state index contributed by atoms with van der Waals surface area (Å²) in [5.74, 6) is 5.54. The predicted octanol–water partition coefficient (Wildman–Crippen LogP) is -0.0265. The van der Waals surface area contributed by atoms with Crippen LogP contribution < -0.4 is 11.3 Å². The molecule has 1 aliphatic rings. The number of hydrogen-bond donors (Lipinski definition) is 2. The highest BCUT2D eigenvalue weighted by molar-refractivity contribution is 5.02. The van der Waals surface area contributed by atoms with E-state index in [9.17, 15) is 0 Å². The van der Waals surface area contributed by atoms with Crippen LogP contribution in [0.1, 0.15) is 18.5 Å². The lowest BCUT2D eigenvalue weighted by Crippen LogP contribution is -2.45. The average Bonchev–Trinajstić information content (AvgIpc) is 2.85. The summed E-state index contributed by atoms with van der Waals surface area (Å²) < 4.78 is 7.41. The molecule has 2 rings (SSSR count). The van der Waals surface area contributed by atoms with Crippen LogP contribution in [0.3, 0.4) is 0 Å². The van der Waals surface area contributed by atoms with Gasteiger partial charge < -0.3 is 4.74 Å². The van der Waals surface area contributed by atoms with Crippen molar-refractivity contribution in [1.29, 1.82) is 0 Å². The van der Waals surface area contributed by atoms with E-state index in [1.807, 2.05) is 19.3 Å². The molecule has 3 N–H and O–H groups in total. The van der Waals surface area contributed by atoms with Crippen molar-refractivity contribution in [2.45, 2.75) is 31.4 Å². The maximum absolute atomic E-state index is 5.61. The van der Waals surface area contributed by atoms with Crippen LogP contribution in [0.4, 0.5) is 0 Å². The maximum Gasteiger partial charge on any atom is 0.0746 e. The van der Waals surface area contributed by atoms with E-state index >= 15 is 0 Å². The summed E-state index contributed by atoms with van der Waals surface area (Å²) in [5.41, 5.74) is 3.88. The number of nitrogens with two attached hydrogens (primary N) is 1. The molecule has 2 atom stereocenters. The molecular weight excluding hydrogens is 192 g/mol. The summed E-state index contributed by atoms with van der Waals surface area (Å²) in [6.45, 7) is 0.852. The van der Waals surface area contributed by atoms with Crippen molar-refractivity contribution in [1.82, 2.24) is 15.2 Å². The number of aryl methyl sites for hydroxylation is 1. The van der Waals surface area contributed by atoms with Crippen LogP contribution in [0.25, 0.3) is 0 Å². The summed E-state index contributed by atoms with van der Waals surface area (Å²) in [6, 6.07) is 2.18. The Morgan fingerprint density at radius 1 is 1.80 bits per heavy atom. The van der Waals surface area contributed by atoms with E-state index in [4.69, 9.17) is 10.6 Å². The standard InChI is InChI=1S/C10H18N4O/c1-14-5-4-8(13-14)7-9(12-11)10-3-2-6-15-10/h4-5,9-10,12H,2-3,6-7,11H2,1H3. The van der Waals surface area contributed by atoms with E-state index in [0.29, 0.717) is 0 Å². The van der Waals surface area contributed by atoms with Gasteiger partial charge in [0.1, 0.15) is 0 Å². The average molecular weight is 210 g/mol. The minimum absolute atomic E-state index is 0.169. The molecular formula is C10H18N4O. The molecule has 1 fully saturated rings. The van der Waals surface area contributed by atoms with Crippen LogP contribution in [-0.2, 0) is 18.2 Å². The number of rotatable bonds is 4. The Kier molecular flexibility index (Phi) is 3.35. The van der Waals surface area contributed by atoms with Gasteiger partial charge in [-0.3, -0.25) is 16.0 Å². The Labute approximate surface area is 89.6 Å². The lowest BCUT2D eigenvalue weighted by Gasteiger charge is -2.20. The first-order valence-corrected chi connectivity index (χ1v) is 5.36. The fourth-order valence-electron chi connectivity index (χ4n) is 2.01. The molecule has 5 heteroatoms. The van der Waals surface area contributed by atoms with Gasteiger partial charge in [-0.25, -0.2) is 0 Å². The molecule has 0 aromatic carbocycles. The highest BCUT2D eigenvalue weighted by Crippen LogP contribution is 2.17. The van der Waals surface area contributed by atoms with Gasteiger partial charge in [0, 0.05) is 26.3 Å². The zero-order chi connectivity index (χ0) is 10.7. The van der Waals surface area contributed by atoms with Gasteiger partial charge in [0.05, 0.1) is 17.8 Å². The van der Waals surface area contributed by atoms with Gasteiger partial charge in [-0.05, 0) is 18.9 Å². The number of hydrogen-bond acceptors (Lipinski definition) is 4. The van der Waals surface area contributed by atoms with E-state index in [0.717, 1.165) is 31.6 Å². The van der Waals surface area contributed by atoms with Crippen LogP contribution >= 0.6 is 0 Å². The molecule has 0 radical (unpaired) electrons. The zero-order valence-corrected chi connectivity index (χ0v) is 9.02. The van der Waals surface area contributed by atoms with E-state index in [1.54, 1.807) is 4.68 Å². The summed E-state index contributed by atoms with van der Waals surface area (Å²) in [5, 5.41) is 4.34. The summed E-state index contributed by atoms with van der Waals surface area (Å²) in [4.78, 5) is 0. The van der Waals surface area contributed by atoms with Crippen LogP contribution in [0.15, 0.2) is 12.3 Å². The van der Waals surface area contributed by atoms with Gasteiger partial charge in [-0.1, -0.05) is 0 Å². The van der Waals surface area contributed by atoms with Crippen LogP contribution in [-0.4, -0.2) is 28.5 Å². The second-order valence-electron chi connectivity index (χ2n) is 4.01. The Hall–Kier alpha value is -0.910. The summed E-state index contributed by atoms with van der Waals surface area (Å²) in [6.07, 6.45) is 5.21. The van der Waals surface area contributed by atoms with Crippen LogP contribution in [0.2, 0.25) is 0 Å². The first-order chi connectivity index (χ1) is 7.29. The first-order valence-electron chi connectivity index (χ1n) is 5.36. The van der Waals surface area contributed by atoms with E-state index < -0.39 is 0 Å². The molecule has 0 spiro atoms. The Balaban J connectivity index is 1.95. The number of aromatic nitrogens is 2. The van der Waals surface area contributed by atoms with Crippen molar-refractivity contribution in [2.24, 2.45) is 12.9 Å². The quantitative estimate of drug-likeness (QED) is 0.541. The molecule has 5 nitrogen and oxygen atoms in total. The second kappa shape index (κ2) is 4.74. The van der Waals surface area contributed by atoms with Crippen molar-refractivity contribution >= 4 is 0 Å². The largest absolute Gasteiger partial charge is 0.377 e. The molecule has 1 saturated heterocycles. The monoisotopic (exact) mass is 210 g/mol. The van der Waals surface area contributed by atoms with Gasteiger partial charge >= 0.3 is 0 Å². The number of ether oxygens (including phenoxy) is 1. The third kappa shape index (κ3) is 2.56. The first kappa shape index (κ1) is 10.6. The lowest BCUT2D eigenvalue weighted by atomic mass is 10.0. The number of hydrazine groups is 1. The van der Waals surface area contributed by atoms with Gasteiger partial charge in [0.2, 0.25) is 0 Å². The Bertz CT molecular complexity index is 306. The molecule has 0 amide bonds. The Morgan fingerprint density at radius 3 is 3.20 bits per heavy atom. The van der Waals surface area contributed by atoms with Crippen LogP contribution in [0, 0.1) is 0 Å². The minimum Gasteiger partial charge on any atom is -0.377 e. The molecule has 1 aliphatic heterocycles. The Morgan fingerprint density at radius 2 is 2.67 bits per heavy atom. The fourth-order valence-corrected chi connectivity index (χ4v) is 2.01. The zero-order valence-electron chi connectivity index (χ0n) is 9.02. The van der Waals surface area contributed by atoms with E-state index in [2.05, 4.69) is 10.5 Å². The van der Waals surface area contributed by atoms with E-state index in [1.165, 1.54) is 0 Å². The molecule has 84 valence electrons. The van der Waals surface area contributed by atoms with Crippen molar-refractivity contribution in [3.05, 3.63) is 18.0 Å². The third-order valence-electron chi connectivity index (χ3n) is 2.83. The minimum atomic E-state index is 0.169. The van der Waals surface area contributed by atoms with Crippen molar-refractivity contribution in [3.8, 4) is 0 Å². The summed E-state index contributed by atoms with van der Waals surface area (Å²) >= 11 is 0. The van der Waals surface area contributed by atoms with Gasteiger partial charge in [-0.15, -0.1) is 0 Å². The topological polar surface area (TPSA) is 65.1 Å². The van der Waals surface area contributed by atoms with Crippen LogP contribution in [0.5, 0.6) is 0 Å². The number of nitrogens with zero attached hydrogens (tertiary/aromatic N) is 2. The molecule has 15 heavy (non-hydrogen) atoms. The van der Waals surface area contributed by atoms with Crippen molar-refractivity contribution < 1.29 is 4.74 Å². The smallest absolute Gasteiger partial charge is 0.0746 e. The second-order valence-corrected chi connectivity index (χ2v) is 4.01. The molecule has 1 aromatic heterocycles. The maximum atomic E-state index is 5.61. The lowest BCUT2D eigenvalue weighted by molar-refractivity contribution is 0.0781. The van der Waals surface area contributed by atoms with Crippen molar-refractivity contribution in [2.75, 3.05) is 6.61 Å². The molecule has 2 heterocycles. The van der Waals surface area contributed by atoms with Crippen molar-refractivity contribution in [3.63, 3.8) is 0 Å². The van der Waals surface area contributed by atoms with Gasteiger partial charge in [0.25, 0.3) is 0 Å². The van der Waals surface area contributed by atoms with Gasteiger partial charge in [-0.2, -0.15) is 5.10 Å². The highest BCUT2D eigenvalue weighted by Gasteiger charge is 2.25. The molecule has 0 saturated carbocycles. The summed E-state index contributed by atoms with van der Waals surface area (Å²) in [7, 11) is 1.92. The van der Waals surface area contributed by atoms with Gasteiger partial charge in [0.15, 0.2) is 0 Å². The molecule has 2 unspecified atom stereocenters. The highest BCUT2D eigenvalue weighted by atomic mass is 16.5. The third-order valence-corrected chi connectivity index (χ3v) is 2.83. The molecule has 0 aliphatic carbocycles. The van der Waals surface area contributed by atoms with E-state index in [-0.39, 0.29) is 12.1 Å². The predicted molar refractivity (Wildman–Crippen MR) is 57.0 cm³/mol. The fraction of sp³-hybridized carbons (Fsp3) is 0.700. The molecule has 0 bridgehead atoms. The SMILES string of the molecule is Cn1ccc(CC(NN)C2CCCO2)n1.